The number of ketones is 1. The van der Waals surface area contributed by atoms with E-state index in [1.54, 1.807) is 4.68 Å². The number of aromatic nitrogens is 3. The van der Waals surface area contributed by atoms with Gasteiger partial charge in [-0.05, 0) is 19.3 Å². The second-order valence-corrected chi connectivity index (χ2v) is 4.75. The topological polar surface area (TPSA) is 57.0 Å². The Balaban J connectivity index is 2.66. The maximum Gasteiger partial charge on any atom is 0.169 e. The molecule has 18 heavy (non-hydrogen) atoms. The number of rotatable bonds is 8. The molecule has 0 aliphatic heterocycles. The van der Waals surface area contributed by atoms with E-state index in [0.29, 0.717) is 25.4 Å². The van der Waals surface area contributed by atoms with E-state index in [2.05, 4.69) is 23.9 Å². The molecule has 5 nitrogen and oxygen atoms in total. The smallest absolute Gasteiger partial charge is 0.169 e. The fraction of sp³-hybridized carbons (Fsp3) is 0.769. The molecule has 1 atom stereocenters. The van der Waals surface area contributed by atoms with Gasteiger partial charge in [-0.15, -0.1) is 0 Å². The molecule has 0 saturated heterocycles. The number of nitrogens with zero attached hydrogens (tertiary/aromatic N) is 3. The van der Waals surface area contributed by atoms with Crippen molar-refractivity contribution in [1.82, 2.24) is 14.8 Å². The molecule has 1 heterocycles. The maximum atomic E-state index is 12.1. The monoisotopic (exact) mass is 253 g/mol. The molecule has 0 aliphatic carbocycles. The van der Waals surface area contributed by atoms with Crippen molar-refractivity contribution in [2.24, 2.45) is 5.92 Å². The van der Waals surface area contributed by atoms with Gasteiger partial charge in [-0.1, -0.05) is 20.8 Å². The van der Waals surface area contributed by atoms with Crippen LogP contribution in [0.2, 0.25) is 0 Å². The van der Waals surface area contributed by atoms with Crippen LogP contribution in [0.1, 0.15) is 39.9 Å². The van der Waals surface area contributed by atoms with Crippen LogP contribution in [-0.4, -0.2) is 33.3 Å². The summed E-state index contributed by atoms with van der Waals surface area (Å²) in [6.07, 6.45) is 2.18. The van der Waals surface area contributed by atoms with Crippen molar-refractivity contribution in [3.05, 3.63) is 12.2 Å². The number of ether oxygens (including phenoxy) is 1. The Bertz CT molecular complexity index is 374. The van der Waals surface area contributed by atoms with Crippen molar-refractivity contribution in [2.45, 2.75) is 53.2 Å². The van der Waals surface area contributed by atoms with E-state index in [-0.39, 0.29) is 11.9 Å². The Morgan fingerprint density at radius 1 is 1.44 bits per heavy atom. The van der Waals surface area contributed by atoms with E-state index in [1.165, 1.54) is 6.33 Å². The first kappa shape index (κ1) is 14.8. The van der Waals surface area contributed by atoms with Crippen molar-refractivity contribution >= 4 is 5.78 Å². The van der Waals surface area contributed by atoms with Gasteiger partial charge in [-0.25, -0.2) is 9.67 Å². The van der Waals surface area contributed by atoms with E-state index < -0.39 is 0 Å². The first-order valence-electron chi connectivity index (χ1n) is 6.59. The van der Waals surface area contributed by atoms with Crippen LogP contribution in [-0.2, 0) is 22.5 Å². The fourth-order valence-electron chi connectivity index (χ4n) is 1.83. The van der Waals surface area contributed by atoms with Gasteiger partial charge in [0.1, 0.15) is 18.3 Å². The second kappa shape index (κ2) is 7.26. The lowest BCUT2D eigenvalue weighted by Crippen LogP contribution is -2.27. The van der Waals surface area contributed by atoms with Crippen LogP contribution in [0.5, 0.6) is 0 Å². The highest BCUT2D eigenvalue weighted by Gasteiger charge is 2.19. The predicted molar refractivity (Wildman–Crippen MR) is 69.3 cm³/mol. The molecule has 0 N–H and O–H groups in total. The first-order valence-corrected chi connectivity index (χ1v) is 6.59. The standard InChI is InChI=1S/C13H23N3O2/c1-5-12(18-6-2)11(17)7-13-14-9-15-16(13)8-10(3)4/h9-10,12H,5-8H2,1-4H3. The van der Waals surface area contributed by atoms with Gasteiger partial charge in [0, 0.05) is 13.2 Å². The number of hydrogen-bond donors (Lipinski definition) is 0. The average Bonchev–Trinajstić information content (AvgIpc) is 2.72. The van der Waals surface area contributed by atoms with Gasteiger partial charge < -0.3 is 4.74 Å². The normalized spacial score (nSPS) is 12.9. The summed E-state index contributed by atoms with van der Waals surface area (Å²) in [6.45, 7) is 9.43. The van der Waals surface area contributed by atoms with Crippen molar-refractivity contribution in [2.75, 3.05) is 6.61 Å². The summed E-state index contributed by atoms with van der Waals surface area (Å²) in [4.78, 5) is 16.2. The molecule has 0 radical (unpaired) electrons. The van der Waals surface area contributed by atoms with Gasteiger partial charge in [0.2, 0.25) is 0 Å². The fourth-order valence-corrected chi connectivity index (χ4v) is 1.83. The minimum atomic E-state index is -0.320. The van der Waals surface area contributed by atoms with E-state index in [1.807, 2.05) is 13.8 Å². The van der Waals surface area contributed by atoms with E-state index in [9.17, 15) is 4.79 Å². The van der Waals surface area contributed by atoms with Crippen LogP contribution in [0.3, 0.4) is 0 Å². The zero-order valence-electron chi connectivity index (χ0n) is 11.7. The Morgan fingerprint density at radius 2 is 2.17 bits per heavy atom. The van der Waals surface area contributed by atoms with E-state index >= 15 is 0 Å². The van der Waals surface area contributed by atoms with Crippen molar-refractivity contribution in [3.8, 4) is 0 Å². The van der Waals surface area contributed by atoms with Gasteiger partial charge >= 0.3 is 0 Å². The van der Waals surface area contributed by atoms with Gasteiger partial charge in [0.25, 0.3) is 0 Å². The second-order valence-electron chi connectivity index (χ2n) is 4.75. The quantitative estimate of drug-likeness (QED) is 0.709. The van der Waals surface area contributed by atoms with Crippen molar-refractivity contribution < 1.29 is 9.53 Å². The van der Waals surface area contributed by atoms with Crippen molar-refractivity contribution in [1.29, 1.82) is 0 Å². The molecule has 102 valence electrons. The number of carbonyl (C=O) groups excluding carboxylic acids is 1. The van der Waals surface area contributed by atoms with Crippen LogP contribution < -0.4 is 0 Å². The minimum absolute atomic E-state index is 0.0809. The van der Waals surface area contributed by atoms with Crippen LogP contribution in [0.4, 0.5) is 0 Å². The number of carbonyl (C=O) groups is 1. The first-order chi connectivity index (χ1) is 8.58. The summed E-state index contributed by atoms with van der Waals surface area (Å²) in [5.74, 6) is 1.29. The molecule has 1 unspecified atom stereocenters. The van der Waals surface area contributed by atoms with E-state index in [4.69, 9.17) is 4.74 Å². The van der Waals surface area contributed by atoms with Gasteiger partial charge in [0.15, 0.2) is 5.78 Å². The SMILES string of the molecule is CCOC(CC)C(=O)Cc1ncnn1CC(C)C. The summed E-state index contributed by atoms with van der Waals surface area (Å²) in [7, 11) is 0. The van der Waals surface area contributed by atoms with Gasteiger partial charge in [-0.2, -0.15) is 5.10 Å². The molecule has 5 heteroatoms. The highest BCUT2D eigenvalue weighted by Crippen LogP contribution is 2.07. The molecule has 0 spiro atoms. The summed E-state index contributed by atoms with van der Waals surface area (Å²) in [6, 6.07) is 0. The lowest BCUT2D eigenvalue weighted by atomic mass is 10.1. The Kier molecular flexibility index (Phi) is 5.98. The highest BCUT2D eigenvalue weighted by molar-refractivity contribution is 5.84. The van der Waals surface area contributed by atoms with Gasteiger partial charge in [-0.3, -0.25) is 4.79 Å². The molecule has 0 aromatic carbocycles. The molecule has 0 saturated carbocycles. The maximum absolute atomic E-state index is 12.1. The largest absolute Gasteiger partial charge is 0.371 e. The zero-order chi connectivity index (χ0) is 13.5. The predicted octanol–water partition coefficient (Wildman–Crippen LogP) is 1.86. The summed E-state index contributed by atoms with van der Waals surface area (Å²) < 4.78 is 7.22. The molecule has 0 amide bonds. The van der Waals surface area contributed by atoms with Crippen LogP contribution in [0.15, 0.2) is 6.33 Å². The summed E-state index contributed by atoms with van der Waals surface area (Å²) in [5.41, 5.74) is 0. The van der Waals surface area contributed by atoms with Crippen LogP contribution >= 0.6 is 0 Å². The van der Waals surface area contributed by atoms with Crippen molar-refractivity contribution in [3.63, 3.8) is 0 Å². The average molecular weight is 253 g/mol. The molecule has 1 aromatic heterocycles. The molecular weight excluding hydrogens is 230 g/mol. The summed E-state index contributed by atoms with van der Waals surface area (Å²) >= 11 is 0. The third-order valence-electron chi connectivity index (χ3n) is 2.66. The lowest BCUT2D eigenvalue weighted by Gasteiger charge is -2.14. The third kappa shape index (κ3) is 4.22. The van der Waals surface area contributed by atoms with Crippen LogP contribution in [0.25, 0.3) is 0 Å². The number of hydrogen-bond acceptors (Lipinski definition) is 4. The Labute approximate surface area is 109 Å². The molecule has 0 bridgehead atoms. The van der Waals surface area contributed by atoms with Gasteiger partial charge in [0.05, 0.1) is 6.42 Å². The Hall–Kier alpha value is -1.23. The highest BCUT2D eigenvalue weighted by atomic mass is 16.5. The summed E-state index contributed by atoms with van der Waals surface area (Å²) in [5, 5.41) is 4.15. The Morgan fingerprint density at radius 3 is 2.72 bits per heavy atom. The lowest BCUT2D eigenvalue weighted by molar-refractivity contribution is -0.129. The molecule has 1 rings (SSSR count). The van der Waals surface area contributed by atoms with E-state index in [0.717, 1.165) is 12.4 Å². The van der Waals surface area contributed by atoms with Crippen LogP contribution in [0, 0.1) is 5.92 Å². The third-order valence-corrected chi connectivity index (χ3v) is 2.66. The zero-order valence-corrected chi connectivity index (χ0v) is 11.7. The minimum Gasteiger partial charge on any atom is -0.371 e. The molecule has 1 aromatic rings. The molecule has 0 aliphatic rings. The molecular formula is C13H23N3O2. The number of Topliss-reactive ketones (excluding diaryl/α,β-unsaturated/α-hetero) is 1. The molecule has 0 fully saturated rings.